The summed E-state index contributed by atoms with van der Waals surface area (Å²) in [5.74, 6) is 0.963. The molecule has 5 nitrogen and oxygen atoms in total. The highest BCUT2D eigenvalue weighted by atomic mass is 35.5. The first-order valence-electron chi connectivity index (χ1n) is 8.57. The molecule has 4 rings (SSSR count). The lowest BCUT2D eigenvalue weighted by molar-refractivity contribution is -0.119. The fraction of sp³-hybridized carbons (Fsp3) is 0.250. The first-order chi connectivity index (χ1) is 13.0. The van der Waals surface area contributed by atoms with Crippen molar-refractivity contribution in [2.75, 3.05) is 0 Å². The Kier molecular flexibility index (Phi) is 4.81. The molecule has 2 aromatic rings. The number of benzene rings is 2. The Balaban J connectivity index is 1.59. The van der Waals surface area contributed by atoms with E-state index in [9.17, 15) is 9.59 Å². The van der Waals surface area contributed by atoms with Crippen LogP contribution >= 0.6 is 23.4 Å². The normalized spacial score (nSPS) is 21.3. The van der Waals surface area contributed by atoms with Gasteiger partial charge in [-0.2, -0.15) is 5.26 Å². The van der Waals surface area contributed by atoms with E-state index in [0.717, 1.165) is 42.2 Å². The first-order valence-corrected chi connectivity index (χ1v) is 9.83. The van der Waals surface area contributed by atoms with E-state index in [-0.39, 0.29) is 22.3 Å². The SMILES string of the molecule is N#Cc1ccc(Oc2ccc3c(c2)CCC[C@H]3C2SC(=O)NC2=O)c(Cl)c1. The van der Waals surface area contributed by atoms with E-state index in [1.54, 1.807) is 18.2 Å². The van der Waals surface area contributed by atoms with E-state index >= 15 is 0 Å². The number of hydrogen-bond donors (Lipinski definition) is 1. The lowest BCUT2D eigenvalue weighted by Crippen LogP contribution is -2.30. The molecule has 1 saturated heterocycles. The van der Waals surface area contributed by atoms with Gasteiger partial charge in [-0.05, 0) is 60.7 Å². The standard InChI is InChI=1S/C20H15ClN2O3S/c21-16-8-11(10-22)4-7-17(16)26-13-5-6-14-12(9-13)2-1-3-15(14)18-19(24)23-20(25)27-18/h4-9,15,18H,1-3H2,(H,23,24,25)/t15-,18?/m1/s1. The van der Waals surface area contributed by atoms with E-state index < -0.39 is 0 Å². The third-order valence-electron chi connectivity index (χ3n) is 4.85. The lowest BCUT2D eigenvalue weighted by Gasteiger charge is -2.28. The number of imide groups is 1. The fourth-order valence-corrected chi connectivity index (χ4v) is 4.84. The maximum absolute atomic E-state index is 12.1. The number of nitriles is 1. The topological polar surface area (TPSA) is 79.2 Å². The van der Waals surface area contributed by atoms with E-state index in [1.807, 2.05) is 24.3 Å². The molecule has 1 fully saturated rings. The van der Waals surface area contributed by atoms with Crippen LogP contribution in [0.15, 0.2) is 36.4 Å². The Labute approximate surface area is 165 Å². The molecule has 2 amide bonds. The lowest BCUT2D eigenvalue weighted by atomic mass is 9.80. The molecular weight excluding hydrogens is 384 g/mol. The minimum Gasteiger partial charge on any atom is -0.456 e. The third kappa shape index (κ3) is 3.53. The number of amides is 2. The van der Waals surface area contributed by atoms with Crippen molar-refractivity contribution in [2.24, 2.45) is 0 Å². The van der Waals surface area contributed by atoms with E-state index in [0.29, 0.717) is 22.1 Å². The van der Waals surface area contributed by atoms with Crippen molar-refractivity contribution in [2.45, 2.75) is 30.4 Å². The van der Waals surface area contributed by atoms with Gasteiger partial charge < -0.3 is 4.74 Å². The summed E-state index contributed by atoms with van der Waals surface area (Å²) in [6.07, 6.45) is 2.74. The molecule has 136 valence electrons. The van der Waals surface area contributed by atoms with Crippen molar-refractivity contribution in [3.05, 3.63) is 58.1 Å². The number of hydrogen-bond acceptors (Lipinski definition) is 5. The second kappa shape index (κ2) is 7.26. The van der Waals surface area contributed by atoms with Crippen LogP contribution in [0.3, 0.4) is 0 Å². The van der Waals surface area contributed by atoms with Crippen molar-refractivity contribution in [1.29, 1.82) is 5.26 Å². The summed E-state index contributed by atoms with van der Waals surface area (Å²) in [5, 5.41) is 11.0. The molecule has 0 saturated carbocycles. The van der Waals surface area contributed by atoms with Crippen molar-refractivity contribution in [3.63, 3.8) is 0 Å². The second-order valence-electron chi connectivity index (χ2n) is 6.53. The maximum Gasteiger partial charge on any atom is 0.286 e. The molecule has 1 aliphatic carbocycles. The van der Waals surface area contributed by atoms with Gasteiger partial charge >= 0.3 is 0 Å². The summed E-state index contributed by atoms with van der Waals surface area (Å²) in [4.78, 5) is 23.6. The number of ether oxygens (including phenoxy) is 1. The number of thioether (sulfide) groups is 1. The predicted octanol–water partition coefficient (Wildman–Crippen LogP) is 4.78. The number of fused-ring (bicyclic) bond motifs is 1. The monoisotopic (exact) mass is 398 g/mol. The maximum atomic E-state index is 12.1. The van der Waals surface area contributed by atoms with Gasteiger partial charge in [-0.15, -0.1) is 0 Å². The highest BCUT2D eigenvalue weighted by molar-refractivity contribution is 8.15. The molecule has 0 spiro atoms. The molecule has 2 atom stereocenters. The number of carbonyl (C=O) groups excluding carboxylic acids is 2. The zero-order chi connectivity index (χ0) is 19.0. The van der Waals surface area contributed by atoms with Crippen LogP contribution in [0.4, 0.5) is 4.79 Å². The minimum atomic E-state index is -0.365. The minimum absolute atomic E-state index is 0.0257. The summed E-state index contributed by atoms with van der Waals surface area (Å²) in [6, 6.07) is 12.7. The molecule has 7 heteroatoms. The average Bonchev–Trinajstić information content (AvgIpc) is 3.00. The molecule has 1 N–H and O–H groups in total. The number of aryl methyl sites for hydroxylation is 1. The first kappa shape index (κ1) is 17.9. The predicted molar refractivity (Wildman–Crippen MR) is 103 cm³/mol. The average molecular weight is 399 g/mol. The van der Waals surface area contributed by atoms with Crippen molar-refractivity contribution >= 4 is 34.5 Å². The van der Waals surface area contributed by atoms with Gasteiger partial charge in [0, 0.05) is 5.92 Å². The van der Waals surface area contributed by atoms with Crippen molar-refractivity contribution in [3.8, 4) is 17.6 Å². The van der Waals surface area contributed by atoms with Crippen LogP contribution < -0.4 is 10.1 Å². The number of nitrogens with zero attached hydrogens (tertiary/aromatic N) is 1. The van der Waals surface area contributed by atoms with Crippen LogP contribution in [-0.4, -0.2) is 16.4 Å². The highest BCUT2D eigenvalue weighted by Crippen LogP contribution is 2.42. The van der Waals surface area contributed by atoms with Gasteiger partial charge in [0.2, 0.25) is 5.91 Å². The molecule has 1 unspecified atom stereocenters. The number of carbonyl (C=O) groups is 2. The Morgan fingerprint density at radius 3 is 2.78 bits per heavy atom. The van der Waals surface area contributed by atoms with Gasteiger partial charge in [0.1, 0.15) is 16.7 Å². The molecule has 2 aliphatic rings. The number of halogens is 1. The van der Waals surface area contributed by atoms with Crippen LogP contribution in [-0.2, 0) is 11.2 Å². The largest absolute Gasteiger partial charge is 0.456 e. The molecular formula is C20H15ClN2O3S. The van der Waals surface area contributed by atoms with Crippen LogP contribution in [0.2, 0.25) is 5.02 Å². The van der Waals surface area contributed by atoms with Crippen LogP contribution in [0.1, 0.15) is 35.4 Å². The van der Waals surface area contributed by atoms with Crippen LogP contribution in [0, 0.1) is 11.3 Å². The molecule has 0 radical (unpaired) electrons. The molecule has 0 bridgehead atoms. The molecule has 2 aromatic carbocycles. The zero-order valence-corrected chi connectivity index (χ0v) is 15.8. The van der Waals surface area contributed by atoms with Crippen molar-refractivity contribution in [1.82, 2.24) is 5.32 Å². The van der Waals surface area contributed by atoms with Gasteiger partial charge in [0.05, 0.1) is 16.7 Å². The summed E-state index contributed by atoms with van der Waals surface area (Å²) >= 11 is 7.27. The van der Waals surface area contributed by atoms with E-state index in [1.165, 1.54) is 0 Å². The third-order valence-corrected chi connectivity index (χ3v) is 6.26. The Bertz CT molecular complexity index is 986. The second-order valence-corrected chi connectivity index (χ2v) is 8.06. The Morgan fingerprint density at radius 2 is 2.07 bits per heavy atom. The van der Waals surface area contributed by atoms with Gasteiger partial charge in [-0.25, -0.2) is 0 Å². The summed E-state index contributed by atoms with van der Waals surface area (Å²) < 4.78 is 5.89. The number of nitrogens with one attached hydrogen (secondary N) is 1. The van der Waals surface area contributed by atoms with Crippen LogP contribution in [0.5, 0.6) is 11.5 Å². The molecule has 1 heterocycles. The Hall–Kier alpha value is -2.49. The Morgan fingerprint density at radius 1 is 1.22 bits per heavy atom. The molecule has 1 aliphatic heterocycles. The van der Waals surface area contributed by atoms with Gasteiger partial charge in [-0.1, -0.05) is 29.4 Å². The van der Waals surface area contributed by atoms with E-state index in [4.69, 9.17) is 21.6 Å². The van der Waals surface area contributed by atoms with Gasteiger partial charge in [-0.3, -0.25) is 14.9 Å². The fourth-order valence-electron chi connectivity index (χ4n) is 3.62. The molecule has 27 heavy (non-hydrogen) atoms. The number of rotatable bonds is 3. The summed E-state index contributed by atoms with van der Waals surface area (Å²) in [6.45, 7) is 0. The van der Waals surface area contributed by atoms with E-state index in [2.05, 4.69) is 5.32 Å². The highest BCUT2D eigenvalue weighted by Gasteiger charge is 2.40. The quantitative estimate of drug-likeness (QED) is 0.805. The van der Waals surface area contributed by atoms with Gasteiger partial charge in [0.15, 0.2) is 0 Å². The summed E-state index contributed by atoms with van der Waals surface area (Å²) in [5.41, 5.74) is 2.70. The molecule has 0 aromatic heterocycles. The smallest absolute Gasteiger partial charge is 0.286 e. The van der Waals surface area contributed by atoms with Crippen LogP contribution in [0.25, 0.3) is 0 Å². The van der Waals surface area contributed by atoms with Gasteiger partial charge in [0.25, 0.3) is 5.24 Å². The van der Waals surface area contributed by atoms with Crippen molar-refractivity contribution < 1.29 is 14.3 Å². The summed E-state index contributed by atoms with van der Waals surface area (Å²) in [7, 11) is 0. The zero-order valence-electron chi connectivity index (χ0n) is 14.2.